The molecule has 2 N–H and O–H groups in total. The molecule has 2 aromatic carbocycles. The number of ether oxygens (including phenoxy) is 1. The number of nitrogens with one attached hydrogen (secondary N) is 2. The first-order valence-electron chi connectivity index (χ1n) is 10.4. The van der Waals surface area contributed by atoms with Gasteiger partial charge < -0.3 is 10.1 Å². The number of hydrogen-bond donors (Lipinski definition) is 2. The molecule has 174 valence electrons. The van der Waals surface area contributed by atoms with Crippen LogP contribution in [0.2, 0.25) is 0 Å². The highest BCUT2D eigenvalue weighted by Crippen LogP contribution is 2.30. The quantitative estimate of drug-likeness (QED) is 0.511. The lowest BCUT2D eigenvalue weighted by Crippen LogP contribution is -2.50. The van der Waals surface area contributed by atoms with Crippen molar-refractivity contribution in [1.82, 2.24) is 9.21 Å². The van der Waals surface area contributed by atoms with Crippen LogP contribution in [-0.4, -0.2) is 63.1 Å². The SMILES string of the molecule is O=S(=O)(Nc1ccc(F)cc1Nc1ccc(I)cc1F)N1CCC(N2CCOCC2)CC1. The van der Waals surface area contributed by atoms with Crippen molar-refractivity contribution in [3.05, 3.63) is 51.6 Å². The molecule has 2 aliphatic heterocycles. The van der Waals surface area contributed by atoms with E-state index in [1.54, 1.807) is 6.07 Å². The van der Waals surface area contributed by atoms with Crippen molar-refractivity contribution < 1.29 is 21.9 Å². The number of piperidine rings is 1. The average Bonchev–Trinajstić information content (AvgIpc) is 2.78. The summed E-state index contributed by atoms with van der Waals surface area (Å²) in [6.07, 6.45) is 1.48. The van der Waals surface area contributed by atoms with Crippen molar-refractivity contribution in [3.8, 4) is 0 Å². The van der Waals surface area contributed by atoms with Crippen LogP contribution in [0.25, 0.3) is 0 Å². The fourth-order valence-corrected chi connectivity index (χ4v) is 5.77. The van der Waals surface area contributed by atoms with Gasteiger partial charge in [0, 0.05) is 35.8 Å². The molecule has 0 saturated carbocycles. The molecule has 32 heavy (non-hydrogen) atoms. The Bertz CT molecular complexity index is 1060. The third kappa shape index (κ3) is 5.68. The second kappa shape index (κ2) is 10.2. The van der Waals surface area contributed by atoms with Crippen molar-refractivity contribution in [2.24, 2.45) is 0 Å². The van der Waals surface area contributed by atoms with Gasteiger partial charge in [0.15, 0.2) is 0 Å². The van der Waals surface area contributed by atoms with E-state index in [-0.39, 0.29) is 17.1 Å². The van der Waals surface area contributed by atoms with Crippen LogP contribution in [-0.2, 0) is 14.9 Å². The lowest BCUT2D eigenvalue weighted by atomic mass is 10.0. The molecule has 2 aliphatic rings. The first-order valence-corrected chi connectivity index (χ1v) is 12.9. The average molecular weight is 578 g/mol. The fourth-order valence-electron chi connectivity index (χ4n) is 4.04. The molecule has 0 spiro atoms. The Labute approximate surface area is 200 Å². The van der Waals surface area contributed by atoms with E-state index in [9.17, 15) is 17.2 Å². The van der Waals surface area contributed by atoms with Gasteiger partial charge in [-0.2, -0.15) is 12.7 Å². The van der Waals surface area contributed by atoms with Crippen LogP contribution in [0.15, 0.2) is 36.4 Å². The molecule has 2 saturated heterocycles. The predicted octanol–water partition coefficient (Wildman–Crippen LogP) is 3.77. The van der Waals surface area contributed by atoms with E-state index in [0.29, 0.717) is 35.9 Å². The van der Waals surface area contributed by atoms with E-state index in [2.05, 4.69) is 14.9 Å². The molecule has 11 heteroatoms. The first-order chi connectivity index (χ1) is 15.3. The van der Waals surface area contributed by atoms with Gasteiger partial charge in [0.1, 0.15) is 11.6 Å². The summed E-state index contributed by atoms with van der Waals surface area (Å²) in [7, 11) is -3.85. The summed E-state index contributed by atoms with van der Waals surface area (Å²) in [6, 6.07) is 8.55. The van der Waals surface area contributed by atoms with Gasteiger partial charge in [-0.15, -0.1) is 0 Å². The number of benzene rings is 2. The van der Waals surface area contributed by atoms with Gasteiger partial charge >= 0.3 is 10.2 Å². The van der Waals surface area contributed by atoms with Gasteiger partial charge in [-0.1, -0.05) is 0 Å². The Morgan fingerprint density at radius 3 is 2.31 bits per heavy atom. The van der Waals surface area contributed by atoms with Crippen LogP contribution in [0.3, 0.4) is 0 Å². The standard InChI is InChI=1S/C21H25F2IN4O3S/c22-15-1-3-20(21(13-15)25-19-4-2-16(24)14-18(19)23)26-32(29,30)28-7-5-17(6-8-28)27-9-11-31-12-10-27/h1-4,13-14,17,25-26H,5-12H2. The highest BCUT2D eigenvalue weighted by molar-refractivity contribution is 14.1. The van der Waals surface area contributed by atoms with Crippen LogP contribution in [0.5, 0.6) is 0 Å². The molecule has 4 rings (SSSR count). The van der Waals surface area contributed by atoms with E-state index < -0.39 is 21.8 Å². The molecular weight excluding hydrogens is 553 g/mol. The first kappa shape index (κ1) is 23.6. The lowest BCUT2D eigenvalue weighted by molar-refractivity contribution is 0.00613. The van der Waals surface area contributed by atoms with Gasteiger partial charge in [-0.05, 0) is 71.8 Å². The maximum Gasteiger partial charge on any atom is 0.301 e. The third-order valence-electron chi connectivity index (χ3n) is 5.75. The van der Waals surface area contributed by atoms with E-state index in [1.165, 1.54) is 22.5 Å². The Balaban J connectivity index is 1.46. The predicted molar refractivity (Wildman–Crippen MR) is 128 cm³/mol. The topological polar surface area (TPSA) is 73.9 Å². The number of anilines is 3. The Kier molecular flexibility index (Phi) is 7.50. The normalized spacial score (nSPS) is 19.1. The molecule has 0 amide bonds. The summed E-state index contributed by atoms with van der Waals surface area (Å²) in [5.41, 5.74) is 0.416. The van der Waals surface area contributed by atoms with E-state index >= 15 is 0 Å². The lowest BCUT2D eigenvalue weighted by Gasteiger charge is -2.39. The summed E-state index contributed by atoms with van der Waals surface area (Å²) in [4.78, 5) is 2.36. The maximum atomic E-state index is 14.3. The minimum absolute atomic E-state index is 0.128. The maximum absolute atomic E-state index is 14.3. The van der Waals surface area contributed by atoms with Crippen LogP contribution >= 0.6 is 22.6 Å². The van der Waals surface area contributed by atoms with Crippen molar-refractivity contribution >= 4 is 49.9 Å². The van der Waals surface area contributed by atoms with Gasteiger partial charge in [-0.3, -0.25) is 9.62 Å². The molecular formula is C21H25F2IN4O3S. The van der Waals surface area contributed by atoms with Crippen molar-refractivity contribution in [2.75, 3.05) is 49.4 Å². The number of morpholine rings is 1. The van der Waals surface area contributed by atoms with Crippen molar-refractivity contribution in [3.63, 3.8) is 0 Å². The second-order valence-corrected chi connectivity index (χ2v) is 10.7. The number of rotatable bonds is 6. The van der Waals surface area contributed by atoms with E-state index in [1.807, 2.05) is 22.6 Å². The van der Waals surface area contributed by atoms with E-state index in [4.69, 9.17) is 4.74 Å². The molecule has 7 nitrogen and oxygen atoms in total. The Morgan fingerprint density at radius 1 is 0.938 bits per heavy atom. The molecule has 0 atom stereocenters. The largest absolute Gasteiger partial charge is 0.379 e. The van der Waals surface area contributed by atoms with Crippen LogP contribution in [0.4, 0.5) is 25.8 Å². The smallest absolute Gasteiger partial charge is 0.301 e. The van der Waals surface area contributed by atoms with Gasteiger partial charge in [0.2, 0.25) is 0 Å². The molecule has 2 fully saturated rings. The zero-order valence-electron chi connectivity index (χ0n) is 17.4. The number of halogens is 3. The molecule has 0 radical (unpaired) electrons. The minimum atomic E-state index is -3.85. The molecule has 2 heterocycles. The van der Waals surface area contributed by atoms with E-state index in [0.717, 1.165) is 38.1 Å². The van der Waals surface area contributed by atoms with Crippen LogP contribution in [0, 0.1) is 15.2 Å². The minimum Gasteiger partial charge on any atom is -0.379 e. The zero-order valence-corrected chi connectivity index (χ0v) is 20.3. The van der Waals surface area contributed by atoms with Crippen LogP contribution < -0.4 is 10.0 Å². The molecule has 0 unspecified atom stereocenters. The molecule has 0 bridgehead atoms. The van der Waals surface area contributed by atoms with Gasteiger partial charge in [-0.25, -0.2) is 8.78 Å². The Morgan fingerprint density at radius 2 is 1.62 bits per heavy atom. The van der Waals surface area contributed by atoms with Crippen molar-refractivity contribution in [1.29, 1.82) is 0 Å². The highest BCUT2D eigenvalue weighted by atomic mass is 127. The molecule has 0 aliphatic carbocycles. The van der Waals surface area contributed by atoms with Crippen LogP contribution in [0.1, 0.15) is 12.8 Å². The summed E-state index contributed by atoms with van der Waals surface area (Å²) < 4.78 is 64.3. The molecule has 2 aromatic rings. The summed E-state index contributed by atoms with van der Waals surface area (Å²) >= 11 is 1.99. The summed E-state index contributed by atoms with van der Waals surface area (Å²) in [6.45, 7) is 3.95. The van der Waals surface area contributed by atoms with Gasteiger partial charge in [0.25, 0.3) is 0 Å². The summed E-state index contributed by atoms with van der Waals surface area (Å²) in [5.74, 6) is -1.08. The summed E-state index contributed by atoms with van der Waals surface area (Å²) in [5, 5.41) is 2.80. The second-order valence-electron chi connectivity index (χ2n) is 7.82. The zero-order chi connectivity index (χ0) is 22.7. The highest BCUT2D eigenvalue weighted by Gasteiger charge is 2.31. The number of nitrogens with zero attached hydrogens (tertiary/aromatic N) is 2. The Hall–Kier alpha value is -1.54. The molecule has 0 aromatic heterocycles. The number of hydrogen-bond acceptors (Lipinski definition) is 5. The monoisotopic (exact) mass is 578 g/mol. The fraction of sp³-hybridized carbons (Fsp3) is 0.429. The van der Waals surface area contributed by atoms with Crippen molar-refractivity contribution in [2.45, 2.75) is 18.9 Å². The van der Waals surface area contributed by atoms with Gasteiger partial charge in [0.05, 0.1) is 30.3 Å². The third-order valence-corrected chi connectivity index (χ3v) is 7.94.